The Morgan fingerprint density at radius 1 is 1.00 bits per heavy atom. The average Bonchev–Trinajstić information content (AvgIpc) is 2.68. The summed E-state index contributed by atoms with van der Waals surface area (Å²) in [4.78, 5) is 8.59. The van der Waals surface area contributed by atoms with Crippen LogP contribution in [0.4, 0.5) is 0 Å². The minimum atomic E-state index is 0.532. The van der Waals surface area contributed by atoms with Crippen molar-refractivity contribution in [1.29, 1.82) is 0 Å². The number of nitrogens with zero attached hydrogens (tertiary/aromatic N) is 2. The van der Waals surface area contributed by atoms with Gasteiger partial charge in [0.05, 0.1) is 7.11 Å². The van der Waals surface area contributed by atoms with E-state index in [2.05, 4.69) is 35.9 Å². The summed E-state index contributed by atoms with van der Waals surface area (Å²) < 4.78 is 11.5. The van der Waals surface area contributed by atoms with Crippen LogP contribution in [0, 0.1) is 0 Å². The molecule has 25 heavy (non-hydrogen) atoms. The lowest BCUT2D eigenvalue weighted by Crippen LogP contribution is -1.95. The molecule has 0 aliphatic rings. The van der Waals surface area contributed by atoms with Gasteiger partial charge >= 0.3 is 0 Å². The maximum atomic E-state index is 6.04. The summed E-state index contributed by atoms with van der Waals surface area (Å²) >= 11 is 0. The van der Waals surface area contributed by atoms with Crippen molar-refractivity contribution in [2.45, 2.75) is 26.2 Å². The minimum absolute atomic E-state index is 0.532. The van der Waals surface area contributed by atoms with Crippen molar-refractivity contribution in [3.63, 3.8) is 0 Å². The van der Waals surface area contributed by atoms with Gasteiger partial charge in [-0.1, -0.05) is 26.0 Å². The molecule has 0 aliphatic heterocycles. The second kappa shape index (κ2) is 7.79. The first-order valence-electron chi connectivity index (χ1n) is 8.44. The molecule has 1 aromatic carbocycles. The molecule has 0 bridgehead atoms. The van der Waals surface area contributed by atoms with E-state index in [9.17, 15) is 0 Å². The van der Waals surface area contributed by atoms with Gasteiger partial charge in [-0.3, -0.25) is 4.98 Å². The summed E-state index contributed by atoms with van der Waals surface area (Å²) in [5.41, 5.74) is 3.01. The van der Waals surface area contributed by atoms with Crippen molar-refractivity contribution in [2.75, 3.05) is 7.11 Å². The van der Waals surface area contributed by atoms with Crippen LogP contribution < -0.4 is 9.47 Å². The Hall–Kier alpha value is -2.88. The molecule has 128 valence electrons. The average molecular weight is 334 g/mol. The zero-order valence-corrected chi connectivity index (χ0v) is 14.8. The van der Waals surface area contributed by atoms with Gasteiger partial charge in [-0.2, -0.15) is 0 Å². The maximum Gasteiger partial charge on any atom is 0.227 e. The van der Waals surface area contributed by atoms with Gasteiger partial charge in [0.2, 0.25) is 5.88 Å². The number of aromatic nitrogens is 2. The van der Waals surface area contributed by atoms with Crippen LogP contribution in [-0.4, -0.2) is 17.1 Å². The number of ether oxygens (including phenoxy) is 2. The Morgan fingerprint density at radius 3 is 2.52 bits per heavy atom. The Labute approximate surface area is 148 Å². The van der Waals surface area contributed by atoms with Crippen LogP contribution >= 0.6 is 0 Å². The molecule has 0 N–H and O–H groups in total. The number of benzene rings is 1. The van der Waals surface area contributed by atoms with Crippen molar-refractivity contribution in [2.24, 2.45) is 0 Å². The molecule has 0 fully saturated rings. The Morgan fingerprint density at radius 2 is 1.80 bits per heavy atom. The smallest absolute Gasteiger partial charge is 0.227 e. The van der Waals surface area contributed by atoms with Crippen molar-refractivity contribution < 1.29 is 9.47 Å². The first-order chi connectivity index (χ1) is 12.2. The largest absolute Gasteiger partial charge is 0.496 e. The molecule has 0 radical (unpaired) electrons. The van der Waals surface area contributed by atoms with Crippen molar-refractivity contribution in [3.05, 3.63) is 66.6 Å². The lowest BCUT2D eigenvalue weighted by molar-refractivity contribution is 0.415. The fraction of sp³-hybridized carbons (Fsp3) is 0.238. The normalized spacial score (nSPS) is 11.8. The molecule has 2 heterocycles. The highest BCUT2D eigenvalue weighted by atomic mass is 16.5. The Kier molecular flexibility index (Phi) is 5.29. The van der Waals surface area contributed by atoms with E-state index in [1.807, 2.05) is 30.3 Å². The summed E-state index contributed by atoms with van der Waals surface area (Å²) in [5, 5.41) is 0. The third kappa shape index (κ3) is 3.79. The van der Waals surface area contributed by atoms with E-state index in [0.717, 1.165) is 29.0 Å². The molecule has 0 saturated carbocycles. The van der Waals surface area contributed by atoms with Crippen molar-refractivity contribution in [3.8, 4) is 28.5 Å². The quantitative estimate of drug-likeness (QED) is 0.600. The van der Waals surface area contributed by atoms with Crippen LogP contribution in [0.1, 0.15) is 31.7 Å². The van der Waals surface area contributed by atoms with Gasteiger partial charge in [0.15, 0.2) is 0 Å². The Bertz CT molecular complexity index is 831. The topological polar surface area (TPSA) is 44.2 Å². The van der Waals surface area contributed by atoms with Gasteiger partial charge in [-0.15, -0.1) is 0 Å². The highest BCUT2D eigenvalue weighted by Gasteiger charge is 2.13. The predicted molar refractivity (Wildman–Crippen MR) is 99.2 cm³/mol. The van der Waals surface area contributed by atoms with Gasteiger partial charge in [-0.25, -0.2) is 4.98 Å². The third-order valence-corrected chi connectivity index (χ3v) is 4.34. The van der Waals surface area contributed by atoms with E-state index in [0.29, 0.717) is 11.8 Å². The standard InChI is InChI=1S/C21H22N2O2/c1-4-15(2)16-7-9-17(10-8-16)25-21-18(6-5-12-23-21)19-14-22-13-11-20(19)24-3/h5-15H,4H2,1-3H3. The molecule has 1 atom stereocenters. The van der Waals surface area contributed by atoms with E-state index in [-0.39, 0.29) is 0 Å². The third-order valence-electron chi connectivity index (χ3n) is 4.34. The van der Waals surface area contributed by atoms with Gasteiger partial charge in [0.25, 0.3) is 0 Å². The van der Waals surface area contributed by atoms with Crippen LogP contribution in [-0.2, 0) is 0 Å². The maximum absolute atomic E-state index is 6.04. The second-order valence-electron chi connectivity index (χ2n) is 5.91. The monoisotopic (exact) mass is 334 g/mol. The van der Waals surface area contributed by atoms with Crippen LogP contribution in [0.5, 0.6) is 17.4 Å². The molecule has 3 aromatic rings. The van der Waals surface area contributed by atoms with E-state index in [1.54, 1.807) is 25.7 Å². The molecular weight excluding hydrogens is 312 g/mol. The molecule has 3 rings (SSSR count). The highest BCUT2D eigenvalue weighted by Crippen LogP contribution is 2.36. The summed E-state index contributed by atoms with van der Waals surface area (Å²) in [6.45, 7) is 4.41. The molecule has 0 amide bonds. The van der Waals surface area contributed by atoms with Crippen LogP contribution in [0.25, 0.3) is 11.1 Å². The van der Waals surface area contributed by atoms with E-state index in [1.165, 1.54) is 5.56 Å². The molecule has 0 saturated heterocycles. The summed E-state index contributed by atoms with van der Waals surface area (Å²) in [6.07, 6.45) is 6.29. The molecule has 0 aliphatic carbocycles. The van der Waals surface area contributed by atoms with Crippen LogP contribution in [0.3, 0.4) is 0 Å². The van der Waals surface area contributed by atoms with Gasteiger partial charge in [0.1, 0.15) is 11.5 Å². The first-order valence-corrected chi connectivity index (χ1v) is 8.44. The fourth-order valence-electron chi connectivity index (χ4n) is 2.65. The van der Waals surface area contributed by atoms with Gasteiger partial charge in [0, 0.05) is 29.7 Å². The van der Waals surface area contributed by atoms with E-state index < -0.39 is 0 Å². The lowest BCUT2D eigenvalue weighted by atomic mass is 9.99. The molecule has 0 spiro atoms. The lowest BCUT2D eigenvalue weighted by Gasteiger charge is -2.13. The van der Waals surface area contributed by atoms with Crippen molar-refractivity contribution in [1.82, 2.24) is 9.97 Å². The number of pyridine rings is 2. The van der Waals surface area contributed by atoms with Crippen molar-refractivity contribution >= 4 is 0 Å². The predicted octanol–water partition coefficient (Wildman–Crippen LogP) is 5.46. The van der Waals surface area contributed by atoms with Crippen LogP contribution in [0.15, 0.2) is 61.1 Å². The van der Waals surface area contributed by atoms with E-state index >= 15 is 0 Å². The SMILES string of the molecule is CCC(C)c1ccc(Oc2ncccc2-c2cnccc2OC)cc1. The first kappa shape index (κ1) is 17.0. The molecule has 2 aromatic heterocycles. The number of hydrogen-bond acceptors (Lipinski definition) is 4. The molecule has 1 unspecified atom stereocenters. The van der Waals surface area contributed by atoms with Gasteiger partial charge < -0.3 is 9.47 Å². The Balaban J connectivity index is 1.91. The summed E-state index contributed by atoms with van der Waals surface area (Å²) in [6, 6.07) is 13.8. The molecule has 4 nitrogen and oxygen atoms in total. The molecular formula is C21H22N2O2. The summed E-state index contributed by atoms with van der Waals surface area (Å²) in [5.74, 6) is 2.57. The highest BCUT2D eigenvalue weighted by molar-refractivity contribution is 5.73. The number of rotatable bonds is 6. The number of hydrogen-bond donors (Lipinski definition) is 0. The van der Waals surface area contributed by atoms with Gasteiger partial charge in [-0.05, 0) is 48.2 Å². The van der Waals surface area contributed by atoms with E-state index in [4.69, 9.17) is 9.47 Å². The molecule has 4 heteroatoms. The fourth-order valence-corrected chi connectivity index (χ4v) is 2.65. The zero-order valence-electron chi connectivity index (χ0n) is 14.8. The van der Waals surface area contributed by atoms with Crippen LogP contribution in [0.2, 0.25) is 0 Å². The second-order valence-corrected chi connectivity index (χ2v) is 5.91. The number of methoxy groups -OCH3 is 1. The zero-order chi connectivity index (χ0) is 17.6. The minimum Gasteiger partial charge on any atom is -0.496 e. The summed E-state index contributed by atoms with van der Waals surface area (Å²) in [7, 11) is 1.64.